The first-order valence-corrected chi connectivity index (χ1v) is 23.9. The molecule has 59 heavy (non-hydrogen) atoms. The molecule has 0 aliphatic carbocycles. The number of aliphatic hydroxyl groups excluding tert-OH is 1. The second kappa shape index (κ2) is 39.3. The molecule has 0 saturated heterocycles. The minimum atomic E-state index is -4.69. The van der Waals surface area contributed by atoms with Gasteiger partial charge in [-0.15, -0.1) is 0 Å². The van der Waals surface area contributed by atoms with Crippen molar-refractivity contribution in [3.8, 4) is 0 Å². The van der Waals surface area contributed by atoms with Gasteiger partial charge in [-0.05, 0) is 77.0 Å². The first-order chi connectivity index (χ1) is 28.4. The highest BCUT2D eigenvalue weighted by molar-refractivity contribution is 7.45. The fourth-order valence-electron chi connectivity index (χ4n) is 5.42. The number of unbranched alkanes of at least 4 members (excludes halogenated alkanes) is 10. The summed E-state index contributed by atoms with van der Waals surface area (Å²) in [6.07, 6.45) is 46.5. The number of carbonyl (C=O) groups is 2. The number of likely N-dealkylation sites (N-methyl/N-ethyl adjacent to an activating group) is 1. The zero-order chi connectivity index (χ0) is 43.7. The van der Waals surface area contributed by atoms with Gasteiger partial charge < -0.3 is 33.0 Å². The summed E-state index contributed by atoms with van der Waals surface area (Å²) >= 11 is 0. The van der Waals surface area contributed by atoms with Gasteiger partial charge in [-0.3, -0.25) is 14.2 Å². The summed E-state index contributed by atoms with van der Waals surface area (Å²) in [5, 5.41) is 10.3. The summed E-state index contributed by atoms with van der Waals surface area (Å²) in [6.45, 7) is 3.88. The smallest absolute Gasteiger partial charge is 0.306 e. The highest BCUT2D eigenvalue weighted by Crippen LogP contribution is 2.38. The molecule has 0 heterocycles. The van der Waals surface area contributed by atoms with Gasteiger partial charge in [0.1, 0.15) is 19.8 Å². The van der Waals surface area contributed by atoms with Crippen molar-refractivity contribution in [2.45, 2.75) is 161 Å². The maximum absolute atomic E-state index is 12.7. The Morgan fingerprint density at radius 2 is 1.14 bits per heavy atom. The first-order valence-electron chi connectivity index (χ1n) is 22.4. The number of hydrogen-bond acceptors (Lipinski definition) is 9. The maximum Gasteiger partial charge on any atom is 0.306 e. The first kappa shape index (κ1) is 56.1. The second-order valence-corrected chi connectivity index (χ2v) is 17.3. The van der Waals surface area contributed by atoms with E-state index in [9.17, 15) is 24.2 Å². The number of phosphoric acid groups is 1. The van der Waals surface area contributed by atoms with E-state index in [0.29, 0.717) is 36.7 Å². The SMILES string of the molecule is CCCCC/C=C\C/C=C\C/C=C\C/C=C\CCCC(=O)O[C@H](COC(=O)CCCC(O)/C=C/C=C/C/C=C/CCCCCCCC)COP(=O)([O-])OCC[N+](C)(C)C. The molecular weight excluding hydrogens is 766 g/mol. The second-order valence-electron chi connectivity index (χ2n) is 15.9. The zero-order valence-electron chi connectivity index (χ0n) is 37.5. The summed E-state index contributed by atoms with van der Waals surface area (Å²) in [6, 6.07) is 0. The van der Waals surface area contributed by atoms with Gasteiger partial charge in [-0.25, -0.2) is 0 Å². The molecule has 0 bridgehead atoms. The van der Waals surface area contributed by atoms with Gasteiger partial charge in [0.2, 0.25) is 0 Å². The lowest BCUT2D eigenvalue weighted by atomic mass is 10.1. The predicted molar refractivity (Wildman–Crippen MR) is 242 cm³/mol. The van der Waals surface area contributed by atoms with Crippen LogP contribution < -0.4 is 4.89 Å². The van der Waals surface area contributed by atoms with Crippen molar-refractivity contribution >= 4 is 19.8 Å². The molecule has 0 aromatic carbocycles. The lowest BCUT2D eigenvalue weighted by Gasteiger charge is -2.28. The minimum absolute atomic E-state index is 0.0367. The van der Waals surface area contributed by atoms with E-state index < -0.39 is 38.6 Å². The molecule has 0 aliphatic heterocycles. The van der Waals surface area contributed by atoms with Crippen LogP contribution in [-0.2, 0) is 32.7 Å². The topological polar surface area (TPSA) is 131 Å². The number of ether oxygens (including phenoxy) is 2. The summed E-state index contributed by atoms with van der Waals surface area (Å²) < 4.78 is 33.7. The number of carbonyl (C=O) groups excluding carboxylic acids is 2. The molecule has 0 radical (unpaired) electrons. The van der Waals surface area contributed by atoms with E-state index in [0.717, 1.165) is 38.5 Å². The Balaban J connectivity index is 4.65. The molecule has 0 amide bonds. The molecule has 1 N–H and O–H groups in total. The summed E-state index contributed by atoms with van der Waals surface area (Å²) in [7, 11) is 1.02. The lowest BCUT2D eigenvalue weighted by molar-refractivity contribution is -0.870. The van der Waals surface area contributed by atoms with Crippen LogP contribution >= 0.6 is 7.82 Å². The van der Waals surface area contributed by atoms with E-state index in [-0.39, 0.29) is 26.1 Å². The van der Waals surface area contributed by atoms with E-state index in [1.807, 2.05) is 39.4 Å². The van der Waals surface area contributed by atoms with Crippen LogP contribution in [-0.4, -0.2) is 81.2 Å². The van der Waals surface area contributed by atoms with Gasteiger partial charge in [0.25, 0.3) is 7.82 Å². The van der Waals surface area contributed by atoms with Crippen LogP contribution in [0.5, 0.6) is 0 Å². The third-order valence-corrected chi connectivity index (χ3v) is 9.96. The molecule has 0 rings (SSSR count). The highest BCUT2D eigenvalue weighted by Gasteiger charge is 2.21. The normalized spacial score (nSPS) is 14.9. The molecule has 0 aliphatic rings. The number of quaternary nitrogens is 1. The molecule has 2 unspecified atom stereocenters. The monoisotopic (exact) mass is 848 g/mol. The van der Waals surface area contributed by atoms with Crippen molar-refractivity contribution in [2.24, 2.45) is 0 Å². The molecule has 0 spiro atoms. The van der Waals surface area contributed by atoms with Crippen molar-refractivity contribution in [2.75, 3.05) is 47.5 Å². The van der Waals surface area contributed by atoms with E-state index in [1.165, 1.54) is 57.8 Å². The Morgan fingerprint density at radius 1 is 0.627 bits per heavy atom. The van der Waals surface area contributed by atoms with E-state index in [2.05, 4.69) is 68.5 Å². The maximum atomic E-state index is 12.7. The van der Waals surface area contributed by atoms with E-state index in [1.54, 1.807) is 12.2 Å². The Morgan fingerprint density at radius 3 is 1.75 bits per heavy atom. The van der Waals surface area contributed by atoms with Crippen LogP contribution in [0.4, 0.5) is 0 Å². The van der Waals surface area contributed by atoms with Crippen LogP contribution in [0.1, 0.15) is 149 Å². The quantitative estimate of drug-likeness (QED) is 0.0160. The molecule has 0 aromatic heterocycles. The van der Waals surface area contributed by atoms with Gasteiger partial charge in [-0.1, -0.05) is 144 Å². The van der Waals surface area contributed by atoms with E-state index in [4.69, 9.17) is 18.5 Å². The van der Waals surface area contributed by atoms with Gasteiger partial charge in [0.15, 0.2) is 6.10 Å². The number of allylic oxidation sites excluding steroid dienone is 13. The summed E-state index contributed by atoms with van der Waals surface area (Å²) in [4.78, 5) is 37.5. The van der Waals surface area contributed by atoms with Crippen LogP contribution in [0.3, 0.4) is 0 Å². The van der Waals surface area contributed by atoms with Gasteiger partial charge >= 0.3 is 11.9 Å². The van der Waals surface area contributed by atoms with Crippen LogP contribution in [0.15, 0.2) is 85.1 Å². The molecule has 10 nitrogen and oxygen atoms in total. The molecule has 0 saturated carbocycles. The zero-order valence-corrected chi connectivity index (χ0v) is 38.4. The van der Waals surface area contributed by atoms with Crippen LogP contribution in [0.25, 0.3) is 0 Å². The summed E-state index contributed by atoms with van der Waals surface area (Å²) in [5.74, 6) is -1.11. The third kappa shape index (κ3) is 43.1. The minimum Gasteiger partial charge on any atom is -0.756 e. The molecule has 3 atom stereocenters. The number of phosphoric ester groups is 1. The van der Waals surface area contributed by atoms with Crippen molar-refractivity contribution in [3.05, 3.63) is 85.1 Å². The predicted octanol–water partition coefficient (Wildman–Crippen LogP) is 11.1. The number of nitrogens with zero attached hydrogens (tertiary/aromatic N) is 1. The molecular formula is C48H82NO9P. The van der Waals surface area contributed by atoms with Crippen molar-refractivity contribution in [1.29, 1.82) is 0 Å². The van der Waals surface area contributed by atoms with Crippen LogP contribution in [0, 0.1) is 0 Å². The molecule has 338 valence electrons. The third-order valence-electron chi connectivity index (χ3n) is 8.99. The van der Waals surface area contributed by atoms with E-state index >= 15 is 0 Å². The van der Waals surface area contributed by atoms with Gasteiger partial charge in [0.05, 0.1) is 33.9 Å². The van der Waals surface area contributed by atoms with Crippen molar-refractivity contribution in [3.63, 3.8) is 0 Å². The molecule has 11 heteroatoms. The Bertz CT molecular complexity index is 1300. The summed E-state index contributed by atoms with van der Waals surface area (Å²) in [5.41, 5.74) is 0. The van der Waals surface area contributed by atoms with Crippen LogP contribution in [0.2, 0.25) is 0 Å². The fourth-order valence-corrected chi connectivity index (χ4v) is 6.15. The Labute approximate surface area is 359 Å². The molecule has 0 fully saturated rings. The number of esters is 2. The van der Waals surface area contributed by atoms with Crippen molar-refractivity contribution < 1.29 is 47.2 Å². The number of hydrogen-bond donors (Lipinski definition) is 1. The average molecular weight is 848 g/mol. The average Bonchev–Trinajstić information content (AvgIpc) is 3.18. The Hall–Kier alpha value is -2.85. The lowest BCUT2D eigenvalue weighted by Crippen LogP contribution is -2.37. The number of rotatable bonds is 39. The molecule has 0 aromatic rings. The van der Waals surface area contributed by atoms with Crippen molar-refractivity contribution in [1.82, 2.24) is 0 Å². The Kier molecular flexibility index (Phi) is 37.4. The van der Waals surface area contributed by atoms with Gasteiger partial charge in [-0.2, -0.15) is 0 Å². The highest BCUT2D eigenvalue weighted by atomic mass is 31.2. The number of aliphatic hydroxyl groups is 1. The standard InChI is InChI=1S/C48H82NO9P/c1-6-8-10-12-14-16-18-20-21-22-23-25-27-29-31-33-35-39-48(52)58-46(44-57-59(53,54)56-42-41-49(3,4)5)43-55-47(51)40-36-38-45(50)37-34-32-30-28-26-24-19-17-15-13-11-9-7-2/h14,16,20-21,23-26,29-32,34,37,45-46,50H,6-13,15,17-19,22,27-28,33,35-36,38-44H2,1-5H3/b16-14-,21-20-,25-23-,26-24+,31-29-,32-30+,37-34+/t45?,46-/m1/s1. The fraction of sp³-hybridized carbons (Fsp3) is 0.667. The largest absolute Gasteiger partial charge is 0.756 e. The van der Waals surface area contributed by atoms with Gasteiger partial charge in [0, 0.05) is 12.8 Å².